The van der Waals surface area contributed by atoms with E-state index in [1.165, 1.54) is 33.6 Å². The predicted octanol–water partition coefficient (Wildman–Crippen LogP) is 3.12. The highest BCUT2D eigenvalue weighted by Crippen LogP contribution is 2.32. The molecule has 12 heteroatoms. The molecule has 4 aromatic rings. The number of carbonyl (C=O) groups is 1. The zero-order valence-corrected chi connectivity index (χ0v) is 18.6. The molecule has 1 amide bonds. The summed E-state index contributed by atoms with van der Waals surface area (Å²) in [7, 11) is 1.68. The van der Waals surface area contributed by atoms with Crippen molar-refractivity contribution in [2.75, 3.05) is 5.73 Å². The Hall–Kier alpha value is -4.48. The van der Waals surface area contributed by atoms with Crippen LogP contribution in [0.15, 0.2) is 65.6 Å². The highest BCUT2D eigenvalue weighted by molar-refractivity contribution is 5.94. The van der Waals surface area contributed by atoms with Crippen molar-refractivity contribution >= 4 is 11.6 Å². The molecule has 2 aromatic heterocycles. The summed E-state index contributed by atoms with van der Waals surface area (Å²) in [5.74, 6) is -0.0844. The van der Waals surface area contributed by atoms with Gasteiger partial charge in [0.15, 0.2) is 5.82 Å². The third kappa shape index (κ3) is 5.05. The molecule has 35 heavy (non-hydrogen) atoms. The Morgan fingerprint density at radius 1 is 1.11 bits per heavy atom. The maximum atomic E-state index is 13.1. The first-order valence-electron chi connectivity index (χ1n) is 10.4. The molecule has 0 fully saturated rings. The number of benzene rings is 2. The molecule has 2 aromatic carbocycles. The Morgan fingerprint density at radius 3 is 2.57 bits per heavy atom. The lowest BCUT2D eigenvalue weighted by Gasteiger charge is -2.18. The van der Waals surface area contributed by atoms with Gasteiger partial charge in [0.1, 0.15) is 0 Å². The molecule has 9 nitrogen and oxygen atoms in total. The highest BCUT2D eigenvalue weighted by Gasteiger charge is 2.31. The third-order valence-corrected chi connectivity index (χ3v) is 5.33. The maximum absolute atomic E-state index is 13.1. The summed E-state index contributed by atoms with van der Waals surface area (Å²) in [5.41, 5.74) is 5.75. The average Bonchev–Trinajstić information content (AvgIpc) is 3.24. The van der Waals surface area contributed by atoms with Crippen molar-refractivity contribution in [1.29, 1.82) is 0 Å². The second-order valence-electron chi connectivity index (χ2n) is 7.88. The van der Waals surface area contributed by atoms with Crippen molar-refractivity contribution in [2.45, 2.75) is 19.1 Å². The van der Waals surface area contributed by atoms with Crippen LogP contribution < -0.4 is 16.6 Å². The van der Waals surface area contributed by atoms with Crippen LogP contribution in [0.5, 0.6) is 0 Å². The smallest absolute Gasteiger partial charge is 0.399 e. The van der Waals surface area contributed by atoms with Crippen molar-refractivity contribution in [2.24, 2.45) is 7.05 Å². The minimum Gasteiger partial charge on any atom is -0.399 e. The molecule has 4 rings (SSSR count). The molecule has 0 aliphatic rings. The average molecular weight is 483 g/mol. The molecule has 3 N–H and O–H groups in total. The monoisotopic (exact) mass is 483 g/mol. The van der Waals surface area contributed by atoms with Crippen LogP contribution in [-0.2, 0) is 13.2 Å². The molecular weight excluding hydrogens is 463 g/mol. The Balaban J connectivity index is 1.61. The lowest BCUT2D eigenvalue weighted by molar-refractivity contribution is -0.137. The third-order valence-electron chi connectivity index (χ3n) is 5.33. The van der Waals surface area contributed by atoms with Crippen LogP contribution in [0.1, 0.15) is 34.5 Å². The van der Waals surface area contributed by atoms with Gasteiger partial charge in [0.25, 0.3) is 11.5 Å². The highest BCUT2D eigenvalue weighted by atomic mass is 19.4. The van der Waals surface area contributed by atoms with Crippen molar-refractivity contribution in [3.8, 4) is 17.1 Å². The van der Waals surface area contributed by atoms with Gasteiger partial charge in [0.2, 0.25) is 0 Å². The summed E-state index contributed by atoms with van der Waals surface area (Å²) in [6.45, 7) is 1.54. The summed E-state index contributed by atoms with van der Waals surface area (Å²) in [4.78, 5) is 25.4. The summed E-state index contributed by atoms with van der Waals surface area (Å²) in [6, 6.07) is 11.8. The number of carbonyl (C=O) groups excluding carboxylic acids is 1. The zero-order valence-electron chi connectivity index (χ0n) is 18.6. The van der Waals surface area contributed by atoms with Crippen molar-refractivity contribution in [1.82, 2.24) is 30.1 Å². The molecule has 0 unspecified atom stereocenters. The maximum Gasteiger partial charge on any atom is 0.416 e. The second-order valence-corrected chi connectivity index (χ2v) is 7.88. The fourth-order valence-corrected chi connectivity index (χ4v) is 3.55. The van der Waals surface area contributed by atoms with Crippen LogP contribution in [0.2, 0.25) is 0 Å². The Labute approximate surface area is 197 Å². The second kappa shape index (κ2) is 9.05. The first kappa shape index (κ1) is 23.7. The van der Waals surface area contributed by atoms with Gasteiger partial charge >= 0.3 is 6.18 Å². The molecule has 0 aliphatic carbocycles. The van der Waals surface area contributed by atoms with E-state index in [0.717, 1.165) is 12.1 Å². The van der Waals surface area contributed by atoms with Crippen LogP contribution in [-0.4, -0.2) is 30.7 Å². The summed E-state index contributed by atoms with van der Waals surface area (Å²) in [6.07, 6.45) is -3.21. The first-order valence-corrected chi connectivity index (χ1v) is 10.4. The van der Waals surface area contributed by atoms with Gasteiger partial charge in [-0.05, 0) is 59.3 Å². The van der Waals surface area contributed by atoms with Gasteiger partial charge in [-0.1, -0.05) is 12.1 Å². The van der Waals surface area contributed by atoms with Crippen molar-refractivity contribution < 1.29 is 18.0 Å². The van der Waals surface area contributed by atoms with Gasteiger partial charge in [-0.2, -0.15) is 13.2 Å². The molecular formula is C23H20F3N7O2. The number of hydrogen-bond acceptors (Lipinski definition) is 6. The number of nitrogen functional groups attached to an aromatic ring is 1. The lowest BCUT2D eigenvalue weighted by Crippen LogP contribution is -2.28. The number of pyridine rings is 1. The number of aromatic nitrogens is 5. The quantitative estimate of drug-likeness (QED) is 0.421. The number of amides is 1. The fraction of sp³-hybridized carbons (Fsp3) is 0.174. The molecule has 0 bridgehead atoms. The van der Waals surface area contributed by atoms with Gasteiger partial charge in [-0.15, -0.1) is 5.10 Å². The van der Waals surface area contributed by atoms with E-state index in [0.29, 0.717) is 17.1 Å². The largest absolute Gasteiger partial charge is 0.416 e. The van der Waals surface area contributed by atoms with Gasteiger partial charge < -0.3 is 11.1 Å². The van der Waals surface area contributed by atoms with Crippen LogP contribution in [0, 0.1) is 0 Å². The lowest BCUT2D eigenvalue weighted by atomic mass is 10.0. The van der Waals surface area contributed by atoms with Crippen LogP contribution in [0.4, 0.5) is 18.9 Å². The minimum atomic E-state index is -4.57. The van der Waals surface area contributed by atoms with Gasteiger partial charge in [0.05, 0.1) is 17.2 Å². The van der Waals surface area contributed by atoms with Crippen molar-refractivity contribution in [3.05, 3.63) is 87.8 Å². The Kier molecular flexibility index (Phi) is 6.12. The summed E-state index contributed by atoms with van der Waals surface area (Å²) >= 11 is 0. The number of anilines is 1. The van der Waals surface area contributed by atoms with E-state index in [1.807, 2.05) is 0 Å². The normalized spacial score (nSPS) is 12.4. The minimum absolute atomic E-state index is 0.0672. The molecule has 1 atom stereocenters. The van der Waals surface area contributed by atoms with E-state index in [4.69, 9.17) is 5.73 Å². The number of nitrogens with zero attached hydrogens (tertiary/aromatic N) is 5. The number of rotatable bonds is 5. The summed E-state index contributed by atoms with van der Waals surface area (Å²) < 4.78 is 42.2. The van der Waals surface area contributed by atoms with Gasteiger partial charge in [-0.25, -0.2) is 4.68 Å². The number of nitrogens with one attached hydrogen (secondary N) is 1. The molecule has 0 saturated heterocycles. The van der Waals surface area contributed by atoms with E-state index < -0.39 is 23.7 Å². The zero-order chi connectivity index (χ0) is 25.3. The Bertz CT molecular complexity index is 1460. The molecule has 0 aliphatic heterocycles. The number of tetrazole rings is 1. The van der Waals surface area contributed by atoms with Crippen LogP contribution in [0.25, 0.3) is 17.1 Å². The van der Waals surface area contributed by atoms with Gasteiger partial charge in [0, 0.05) is 36.2 Å². The summed E-state index contributed by atoms with van der Waals surface area (Å²) in [5, 5.41) is 14.0. The fourth-order valence-electron chi connectivity index (χ4n) is 3.55. The van der Waals surface area contributed by atoms with E-state index in [1.54, 1.807) is 38.2 Å². The molecule has 0 radical (unpaired) electrons. The first-order chi connectivity index (χ1) is 16.5. The van der Waals surface area contributed by atoms with Crippen molar-refractivity contribution in [3.63, 3.8) is 0 Å². The van der Waals surface area contributed by atoms with E-state index in [9.17, 15) is 22.8 Å². The molecule has 0 spiro atoms. The van der Waals surface area contributed by atoms with E-state index >= 15 is 0 Å². The van der Waals surface area contributed by atoms with Gasteiger partial charge in [-0.3, -0.25) is 14.2 Å². The standard InChI is InChI=1S/C23H20F3N7O2/c1-13(16-8-17(23(24,25)26)11-18(27)9-16)28-22(35)15-6-7-20(34)33(12-15)19-5-3-4-14(10-19)21-29-30-31-32(21)2/h3-13H,27H2,1-2H3,(H,28,35)/t13-/m1/s1. The Morgan fingerprint density at radius 2 is 1.89 bits per heavy atom. The number of nitrogens with two attached hydrogens (primary N) is 1. The number of hydrogen-bond donors (Lipinski definition) is 2. The number of alkyl halides is 3. The van der Waals surface area contributed by atoms with E-state index in [-0.39, 0.29) is 22.4 Å². The van der Waals surface area contributed by atoms with E-state index in [2.05, 4.69) is 20.8 Å². The SMILES string of the molecule is C[C@@H](NC(=O)c1ccc(=O)n(-c2cccc(-c3nnnn3C)c2)c1)c1cc(N)cc(C(F)(F)F)c1. The molecule has 0 saturated carbocycles. The number of aryl methyl sites for hydroxylation is 1. The van der Waals surface area contributed by atoms with Crippen LogP contribution >= 0.6 is 0 Å². The molecule has 180 valence electrons. The topological polar surface area (TPSA) is 121 Å². The van der Waals surface area contributed by atoms with Crippen LogP contribution in [0.3, 0.4) is 0 Å². The predicted molar refractivity (Wildman–Crippen MR) is 122 cm³/mol. The number of halogens is 3. The molecule has 2 heterocycles.